The SMILES string of the molecule is c1ccc(O[C@H]2CC[C@@H]3[C@@H]2OCCN3c2ccncn2)nc1. The van der Waals surface area contributed by atoms with E-state index in [1.165, 1.54) is 0 Å². The Hall–Kier alpha value is -2.21. The predicted molar refractivity (Wildman–Crippen MR) is 80.8 cm³/mol. The highest BCUT2D eigenvalue weighted by Gasteiger charge is 2.44. The summed E-state index contributed by atoms with van der Waals surface area (Å²) in [5, 5.41) is 0. The van der Waals surface area contributed by atoms with Crippen LogP contribution in [0.1, 0.15) is 12.8 Å². The smallest absolute Gasteiger partial charge is 0.213 e. The first-order chi connectivity index (χ1) is 10.9. The van der Waals surface area contributed by atoms with Crippen LogP contribution in [0.2, 0.25) is 0 Å². The lowest BCUT2D eigenvalue weighted by atomic mass is 10.1. The molecule has 2 aromatic rings. The first-order valence-electron chi connectivity index (χ1n) is 7.64. The van der Waals surface area contributed by atoms with Crippen LogP contribution in [-0.4, -0.2) is 46.4 Å². The highest BCUT2D eigenvalue weighted by Crippen LogP contribution is 2.34. The number of fused-ring (bicyclic) bond motifs is 1. The molecule has 0 radical (unpaired) electrons. The summed E-state index contributed by atoms with van der Waals surface area (Å²) < 4.78 is 12.0. The Balaban J connectivity index is 1.51. The minimum absolute atomic E-state index is 0.0459. The molecule has 1 saturated carbocycles. The first-order valence-corrected chi connectivity index (χ1v) is 7.64. The molecule has 0 N–H and O–H groups in total. The van der Waals surface area contributed by atoms with Crippen LogP contribution in [0, 0.1) is 0 Å². The zero-order valence-electron chi connectivity index (χ0n) is 12.2. The summed E-state index contributed by atoms with van der Waals surface area (Å²) in [4.78, 5) is 14.9. The molecule has 0 spiro atoms. The van der Waals surface area contributed by atoms with Gasteiger partial charge in [0.2, 0.25) is 5.88 Å². The number of hydrogen-bond acceptors (Lipinski definition) is 6. The van der Waals surface area contributed by atoms with E-state index in [1.54, 1.807) is 18.7 Å². The van der Waals surface area contributed by atoms with E-state index in [0.29, 0.717) is 18.5 Å². The molecule has 6 nitrogen and oxygen atoms in total. The van der Waals surface area contributed by atoms with Crippen molar-refractivity contribution in [3.63, 3.8) is 0 Å². The second-order valence-electron chi connectivity index (χ2n) is 5.57. The molecule has 3 atom stereocenters. The van der Waals surface area contributed by atoms with Crippen molar-refractivity contribution in [2.24, 2.45) is 0 Å². The lowest BCUT2D eigenvalue weighted by Gasteiger charge is -2.39. The third-order valence-electron chi connectivity index (χ3n) is 4.31. The molecule has 0 amide bonds. The fourth-order valence-electron chi connectivity index (χ4n) is 3.35. The van der Waals surface area contributed by atoms with E-state index in [-0.39, 0.29) is 12.2 Å². The number of rotatable bonds is 3. The van der Waals surface area contributed by atoms with Crippen molar-refractivity contribution in [3.05, 3.63) is 43.0 Å². The second kappa shape index (κ2) is 5.88. The number of ether oxygens (including phenoxy) is 2. The van der Waals surface area contributed by atoms with Crippen LogP contribution < -0.4 is 9.64 Å². The molecule has 0 unspecified atom stereocenters. The van der Waals surface area contributed by atoms with Crippen LogP contribution in [0.25, 0.3) is 0 Å². The average Bonchev–Trinajstić information content (AvgIpc) is 3.00. The zero-order valence-corrected chi connectivity index (χ0v) is 12.2. The Bertz CT molecular complexity index is 610. The summed E-state index contributed by atoms with van der Waals surface area (Å²) in [5.41, 5.74) is 0. The maximum atomic E-state index is 6.03. The maximum Gasteiger partial charge on any atom is 0.213 e. The van der Waals surface area contributed by atoms with Crippen LogP contribution in [-0.2, 0) is 4.74 Å². The van der Waals surface area contributed by atoms with Gasteiger partial charge in [-0.2, -0.15) is 0 Å². The van der Waals surface area contributed by atoms with Gasteiger partial charge in [0, 0.05) is 25.0 Å². The average molecular weight is 298 g/mol. The summed E-state index contributed by atoms with van der Waals surface area (Å²) in [5.74, 6) is 1.63. The molecular weight excluding hydrogens is 280 g/mol. The van der Waals surface area contributed by atoms with E-state index in [0.717, 1.165) is 25.2 Å². The highest BCUT2D eigenvalue weighted by molar-refractivity contribution is 5.40. The second-order valence-corrected chi connectivity index (χ2v) is 5.57. The van der Waals surface area contributed by atoms with Gasteiger partial charge in [0.1, 0.15) is 24.4 Å². The van der Waals surface area contributed by atoms with Crippen molar-refractivity contribution in [3.8, 4) is 5.88 Å². The minimum Gasteiger partial charge on any atom is -0.471 e. The van der Waals surface area contributed by atoms with E-state index >= 15 is 0 Å². The van der Waals surface area contributed by atoms with E-state index in [4.69, 9.17) is 9.47 Å². The lowest BCUT2D eigenvalue weighted by Crippen LogP contribution is -2.52. The van der Waals surface area contributed by atoms with Gasteiger partial charge < -0.3 is 14.4 Å². The predicted octanol–water partition coefficient (Wildman–Crippen LogP) is 1.69. The molecule has 2 fully saturated rings. The van der Waals surface area contributed by atoms with Crippen molar-refractivity contribution < 1.29 is 9.47 Å². The van der Waals surface area contributed by atoms with Crippen LogP contribution in [0.3, 0.4) is 0 Å². The maximum absolute atomic E-state index is 6.03. The third kappa shape index (κ3) is 2.50. The third-order valence-corrected chi connectivity index (χ3v) is 4.31. The van der Waals surface area contributed by atoms with Crippen LogP contribution in [0.5, 0.6) is 5.88 Å². The van der Waals surface area contributed by atoms with Crippen molar-refractivity contribution in [1.29, 1.82) is 0 Å². The number of nitrogens with zero attached hydrogens (tertiary/aromatic N) is 4. The number of hydrogen-bond donors (Lipinski definition) is 0. The van der Waals surface area contributed by atoms with Gasteiger partial charge in [-0.25, -0.2) is 15.0 Å². The van der Waals surface area contributed by atoms with Crippen molar-refractivity contribution in [1.82, 2.24) is 15.0 Å². The Kier molecular flexibility index (Phi) is 3.60. The Morgan fingerprint density at radius 1 is 1.14 bits per heavy atom. The van der Waals surface area contributed by atoms with Gasteiger partial charge in [-0.3, -0.25) is 0 Å². The Labute approximate surface area is 129 Å². The summed E-state index contributed by atoms with van der Waals surface area (Å²) in [6, 6.07) is 7.97. The molecule has 0 aromatic carbocycles. The summed E-state index contributed by atoms with van der Waals surface area (Å²) in [6.07, 6.45) is 7.23. The molecule has 4 rings (SSSR count). The summed E-state index contributed by atoms with van der Waals surface area (Å²) in [6.45, 7) is 1.54. The number of aromatic nitrogens is 3. The van der Waals surface area contributed by atoms with Crippen molar-refractivity contribution >= 4 is 5.82 Å². The molecule has 6 heteroatoms. The van der Waals surface area contributed by atoms with Gasteiger partial charge >= 0.3 is 0 Å². The molecular formula is C16H18N4O2. The molecule has 22 heavy (non-hydrogen) atoms. The molecule has 2 aromatic heterocycles. The number of pyridine rings is 1. The monoisotopic (exact) mass is 298 g/mol. The normalized spacial score (nSPS) is 27.5. The lowest BCUT2D eigenvalue weighted by molar-refractivity contribution is -0.0320. The molecule has 1 saturated heterocycles. The Morgan fingerprint density at radius 3 is 2.95 bits per heavy atom. The molecule has 0 bridgehead atoms. The van der Waals surface area contributed by atoms with Gasteiger partial charge in [0.15, 0.2) is 0 Å². The topological polar surface area (TPSA) is 60.4 Å². The van der Waals surface area contributed by atoms with E-state index in [2.05, 4.69) is 19.9 Å². The fourth-order valence-corrected chi connectivity index (χ4v) is 3.35. The van der Waals surface area contributed by atoms with E-state index < -0.39 is 0 Å². The van der Waals surface area contributed by atoms with Crippen LogP contribution in [0.15, 0.2) is 43.0 Å². The highest BCUT2D eigenvalue weighted by atomic mass is 16.5. The zero-order chi connectivity index (χ0) is 14.8. The van der Waals surface area contributed by atoms with Gasteiger partial charge in [-0.05, 0) is 25.0 Å². The van der Waals surface area contributed by atoms with Crippen molar-refractivity contribution in [2.45, 2.75) is 31.1 Å². The molecule has 3 heterocycles. The fraction of sp³-hybridized carbons (Fsp3) is 0.438. The van der Waals surface area contributed by atoms with Crippen LogP contribution in [0.4, 0.5) is 5.82 Å². The van der Waals surface area contributed by atoms with E-state index in [1.807, 2.05) is 24.3 Å². The molecule has 1 aliphatic carbocycles. The Morgan fingerprint density at radius 2 is 2.14 bits per heavy atom. The van der Waals surface area contributed by atoms with E-state index in [9.17, 15) is 0 Å². The van der Waals surface area contributed by atoms with Crippen molar-refractivity contribution in [2.75, 3.05) is 18.1 Å². The number of morpholine rings is 1. The van der Waals surface area contributed by atoms with Gasteiger partial charge in [0.05, 0.1) is 12.6 Å². The summed E-state index contributed by atoms with van der Waals surface area (Å²) >= 11 is 0. The molecule has 2 aliphatic rings. The standard InChI is InChI=1S/C16H18N4O2/c1-2-7-18-15(3-1)22-13-5-4-12-16(13)21-10-9-20(12)14-6-8-17-11-19-14/h1-3,6-8,11-13,16H,4-5,9-10H2/t12-,13+,16+/m1/s1. The molecule has 1 aliphatic heterocycles. The van der Waals surface area contributed by atoms with Crippen LogP contribution >= 0.6 is 0 Å². The quantitative estimate of drug-likeness (QED) is 0.859. The molecule has 114 valence electrons. The first kappa shape index (κ1) is 13.5. The minimum atomic E-state index is 0.0459. The summed E-state index contributed by atoms with van der Waals surface area (Å²) in [7, 11) is 0. The van der Waals surface area contributed by atoms with Gasteiger partial charge in [0.25, 0.3) is 0 Å². The largest absolute Gasteiger partial charge is 0.471 e. The van der Waals surface area contributed by atoms with Gasteiger partial charge in [-0.1, -0.05) is 6.07 Å². The number of anilines is 1. The van der Waals surface area contributed by atoms with Gasteiger partial charge in [-0.15, -0.1) is 0 Å².